The third-order valence-corrected chi connectivity index (χ3v) is 2.19. The molecule has 1 fully saturated rings. The molecule has 1 N–H and O–H groups in total. The standard InChI is InChI=1S/C7H11NO3/c9-3-7-5-1-2-10-4-6(5)8-11-7/h5,7,9H,1-4H2/t5-,7+/m1/s1. The summed E-state index contributed by atoms with van der Waals surface area (Å²) in [5.41, 5.74) is 0.954. The number of ether oxygens (including phenoxy) is 1. The SMILES string of the molecule is OC[C@@H]1ON=C2COCC[C@H]21. The van der Waals surface area contributed by atoms with Crippen LogP contribution in [0.25, 0.3) is 0 Å². The highest BCUT2D eigenvalue weighted by atomic mass is 16.7. The maximum atomic E-state index is 8.87. The first-order valence-corrected chi connectivity index (χ1v) is 3.83. The van der Waals surface area contributed by atoms with Gasteiger partial charge in [-0.1, -0.05) is 5.16 Å². The van der Waals surface area contributed by atoms with Crippen LogP contribution >= 0.6 is 0 Å². The highest BCUT2D eigenvalue weighted by molar-refractivity contribution is 5.89. The van der Waals surface area contributed by atoms with E-state index in [0.717, 1.165) is 18.7 Å². The van der Waals surface area contributed by atoms with Crippen LogP contribution in [0.3, 0.4) is 0 Å². The van der Waals surface area contributed by atoms with Gasteiger partial charge in [-0.25, -0.2) is 0 Å². The maximum absolute atomic E-state index is 8.87. The third kappa shape index (κ3) is 1.12. The number of hydrogen-bond acceptors (Lipinski definition) is 4. The maximum Gasteiger partial charge on any atom is 0.158 e. The minimum atomic E-state index is -0.117. The Balaban J connectivity index is 2.05. The average Bonchev–Trinajstić information content (AvgIpc) is 2.47. The minimum absolute atomic E-state index is 0.0532. The van der Waals surface area contributed by atoms with Gasteiger partial charge in [-0.15, -0.1) is 0 Å². The van der Waals surface area contributed by atoms with Crippen molar-refractivity contribution in [3.05, 3.63) is 0 Å². The Bertz CT molecular complexity index is 181. The monoisotopic (exact) mass is 157 g/mol. The molecule has 0 radical (unpaired) electrons. The number of oxime groups is 1. The molecule has 0 aromatic carbocycles. The summed E-state index contributed by atoms with van der Waals surface area (Å²) < 4.78 is 5.18. The molecule has 11 heavy (non-hydrogen) atoms. The molecule has 0 amide bonds. The summed E-state index contributed by atoms with van der Waals surface area (Å²) in [5, 5.41) is 12.7. The van der Waals surface area contributed by atoms with Gasteiger partial charge in [0.05, 0.1) is 18.9 Å². The Labute approximate surface area is 64.8 Å². The van der Waals surface area contributed by atoms with Gasteiger partial charge in [0, 0.05) is 12.5 Å². The first-order valence-electron chi connectivity index (χ1n) is 3.83. The minimum Gasteiger partial charge on any atom is -0.392 e. The van der Waals surface area contributed by atoms with Crippen molar-refractivity contribution in [2.45, 2.75) is 12.5 Å². The molecule has 62 valence electrons. The summed E-state index contributed by atoms with van der Waals surface area (Å²) in [6, 6.07) is 0. The molecule has 0 spiro atoms. The second-order valence-corrected chi connectivity index (χ2v) is 2.86. The zero-order valence-corrected chi connectivity index (χ0v) is 6.19. The zero-order valence-electron chi connectivity index (χ0n) is 6.19. The summed E-state index contributed by atoms with van der Waals surface area (Å²) in [4.78, 5) is 5.01. The van der Waals surface area contributed by atoms with Gasteiger partial charge in [0.1, 0.15) is 0 Å². The molecule has 2 heterocycles. The summed E-state index contributed by atoms with van der Waals surface area (Å²) in [7, 11) is 0. The first kappa shape index (κ1) is 7.06. The molecule has 0 saturated carbocycles. The van der Waals surface area contributed by atoms with Crippen molar-refractivity contribution < 1.29 is 14.7 Å². The highest BCUT2D eigenvalue weighted by Gasteiger charge is 2.35. The summed E-state index contributed by atoms with van der Waals surface area (Å²) in [5.74, 6) is 0.300. The largest absolute Gasteiger partial charge is 0.392 e. The molecule has 0 aromatic rings. The quantitative estimate of drug-likeness (QED) is 0.572. The van der Waals surface area contributed by atoms with Crippen molar-refractivity contribution in [1.82, 2.24) is 0 Å². The fourth-order valence-corrected chi connectivity index (χ4v) is 1.52. The van der Waals surface area contributed by atoms with Gasteiger partial charge in [0.2, 0.25) is 0 Å². The molecular weight excluding hydrogens is 146 g/mol. The molecule has 0 unspecified atom stereocenters. The second kappa shape index (κ2) is 2.79. The second-order valence-electron chi connectivity index (χ2n) is 2.86. The van der Waals surface area contributed by atoms with E-state index in [2.05, 4.69) is 5.16 Å². The van der Waals surface area contributed by atoms with Gasteiger partial charge in [0.15, 0.2) is 6.10 Å². The molecule has 0 aliphatic carbocycles. The van der Waals surface area contributed by atoms with Gasteiger partial charge in [-0.2, -0.15) is 0 Å². The van der Waals surface area contributed by atoms with E-state index in [-0.39, 0.29) is 12.7 Å². The molecular formula is C7H11NO3. The van der Waals surface area contributed by atoms with Gasteiger partial charge >= 0.3 is 0 Å². The smallest absolute Gasteiger partial charge is 0.158 e. The predicted octanol–water partition coefficient (Wildman–Crippen LogP) is -0.230. The van der Waals surface area contributed by atoms with E-state index in [1.54, 1.807) is 0 Å². The van der Waals surface area contributed by atoms with E-state index >= 15 is 0 Å². The van der Waals surface area contributed by atoms with Crippen molar-refractivity contribution in [3.8, 4) is 0 Å². The molecule has 2 atom stereocenters. The van der Waals surface area contributed by atoms with Crippen LogP contribution in [0.5, 0.6) is 0 Å². The Morgan fingerprint density at radius 3 is 3.36 bits per heavy atom. The van der Waals surface area contributed by atoms with Crippen molar-refractivity contribution in [1.29, 1.82) is 0 Å². The molecule has 4 heteroatoms. The van der Waals surface area contributed by atoms with Crippen LogP contribution in [0.2, 0.25) is 0 Å². The van der Waals surface area contributed by atoms with E-state index in [1.165, 1.54) is 0 Å². The van der Waals surface area contributed by atoms with Crippen LogP contribution in [-0.4, -0.2) is 36.7 Å². The molecule has 0 bridgehead atoms. The van der Waals surface area contributed by atoms with Crippen molar-refractivity contribution in [3.63, 3.8) is 0 Å². The van der Waals surface area contributed by atoms with E-state index in [1.807, 2.05) is 0 Å². The van der Waals surface area contributed by atoms with Crippen LogP contribution in [0.4, 0.5) is 0 Å². The molecule has 2 aliphatic rings. The molecule has 2 rings (SSSR count). The lowest BCUT2D eigenvalue weighted by Gasteiger charge is -2.20. The van der Waals surface area contributed by atoms with E-state index in [4.69, 9.17) is 14.7 Å². The number of rotatable bonds is 1. The van der Waals surface area contributed by atoms with Crippen molar-refractivity contribution >= 4 is 5.71 Å². The van der Waals surface area contributed by atoms with Crippen LogP contribution in [0.15, 0.2) is 5.16 Å². The number of aliphatic hydroxyl groups excluding tert-OH is 1. The lowest BCUT2D eigenvalue weighted by Crippen LogP contribution is -2.33. The van der Waals surface area contributed by atoms with Gasteiger partial charge in [-0.3, -0.25) is 0 Å². The highest BCUT2D eigenvalue weighted by Crippen LogP contribution is 2.24. The Morgan fingerprint density at radius 1 is 1.64 bits per heavy atom. The molecule has 1 saturated heterocycles. The van der Waals surface area contributed by atoms with Gasteiger partial charge < -0.3 is 14.7 Å². The summed E-state index contributed by atoms with van der Waals surface area (Å²) in [6.07, 6.45) is 0.804. The summed E-state index contributed by atoms with van der Waals surface area (Å²) >= 11 is 0. The van der Waals surface area contributed by atoms with Gasteiger partial charge in [0.25, 0.3) is 0 Å². The number of aliphatic hydroxyl groups is 1. The fourth-order valence-electron chi connectivity index (χ4n) is 1.52. The van der Waals surface area contributed by atoms with Gasteiger partial charge in [-0.05, 0) is 6.42 Å². The van der Waals surface area contributed by atoms with Crippen LogP contribution in [-0.2, 0) is 9.57 Å². The molecule has 4 nitrogen and oxygen atoms in total. The Kier molecular flexibility index (Phi) is 1.79. The molecule has 0 aromatic heterocycles. The number of fused-ring (bicyclic) bond motifs is 1. The van der Waals surface area contributed by atoms with Crippen LogP contribution < -0.4 is 0 Å². The number of hydrogen-bond donors (Lipinski definition) is 1. The average molecular weight is 157 g/mol. The van der Waals surface area contributed by atoms with Crippen molar-refractivity contribution in [2.75, 3.05) is 19.8 Å². The zero-order chi connectivity index (χ0) is 7.68. The first-order chi connectivity index (χ1) is 5.42. The number of nitrogens with zero attached hydrogens (tertiary/aromatic N) is 1. The third-order valence-electron chi connectivity index (χ3n) is 2.19. The Hall–Kier alpha value is -0.610. The van der Waals surface area contributed by atoms with E-state index in [0.29, 0.717) is 12.5 Å². The predicted molar refractivity (Wildman–Crippen MR) is 38.3 cm³/mol. The topological polar surface area (TPSA) is 51.0 Å². The summed E-state index contributed by atoms with van der Waals surface area (Å²) in [6.45, 7) is 1.38. The van der Waals surface area contributed by atoms with Crippen molar-refractivity contribution in [2.24, 2.45) is 11.1 Å². The van der Waals surface area contributed by atoms with Crippen LogP contribution in [0, 0.1) is 5.92 Å². The van der Waals surface area contributed by atoms with E-state index in [9.17, 15) is 0 Å². The lowest BCUT2D eigenvalue weighted by molar-refractivity contribution is 0.00932. The lowest BCUT2D eigenvalue weighted by atomic mass is 9.93. The molecule has 2 aliphatic heterocycles. The van der Waals surface area contributed by atoms with Crippen LogP contribution in [0.1, 0.15) is 6.42 Å². The normalized spacial score (nSPS) is 35.9. The fraction of sp³-hybridized carbons (Fsp3) is 0.857. The van der Waals surface area contributed by atoms with E-state index < -0.39 is 0 Å². The Morgan fingerprint density at radius 2 is 2.55 bits per heavy atom.